The van der Waals surface area contributed by atoms with E-state index in [0.29, 0.717) is 5.92 Å². The summed E-state index contributed by atoms with van der Waals surface area (Å²) in [6.45, 7) is 6.27. The molecule has 0 atom stereocenters. The van der Waals surface area contributed by atoms with Gasteiger partial charge in [0, 0.05) is 18.7 Å². The van der Waals surface area contributed by atoms with Crippen LogP contribution in [0.15, 0.2) is 24.3 Å². The predicted molar refractivity (Wildman–Crippen MR) is 70.1 cm³/mol. The summed E-state index contributed by atoms with van der Waals surface area (Å²) in [5.41, 5.74) is 2.15. The topological polar surface area (TPSA) is 20.3 Å². The highest BCUT2D eigenvalue weighted by Gasteiger charge is 2.18. The maximum atomic E-state index is 12.1. The molecule has 2 rings (SSSR count). The van der Waals surface area contributed by atoms with Crippen molar-refractivity contribution in [3.05, 3.63) is 35.4 Å². The van der Waals surface area contributed by atoms with E-state index in [-0.39, 0.29) is 5.91 Å². The van der Waals surface area contributed by atoms with Gasteiger partial charge in [0.15, 0.2) is 0 Å². The molecule has 0 spiro atoms. The van der Waals surface area contributed by atoms with Crippen LogP contribution < -0.4 is 0 Å². The van der Waals surface area contributed by atoms with Crippen LogP contribution in [0.3, 0.4) is 0 Å². The smallest absolute Gasteiger partial charge is 0.253 e. The third-order valence-corrected chi connectivity index (χ3v) is 3.24. The first kappa shape index (κ1) is 12.2. The van der Waals surface area contributed by atoms with E-state index in [1.807, 2.05) is 17.0 Å². The molecule has 0 saturated carbocycles. The number of carbonyl (C=O) groups is 1. The summed E-state index contributed by atoms with van der Waals surface area (Å²) in [6.07, 6.45) is 3.38. The van der Waals surface area contributed by atoms with E-state index in [1.54, 1.807) is 0 Å². The van der Waals surface area contributed by atoms with Crippen molar-refractivity contribution in [3.63, 3.8) is 0 Å². The maximum Gasteiger partial charge on any atom is 0.253 e. The minimum absolute atomic E-state index is 0.193. The van der Waals surface area contributed by atoms with Crippen LogP contribution in [0.5, 0.6) is 0 Å². The Bertz CT molecular complexity index is 374. The second-order valence-corrected chi connectivity index (χ2v) is 5.29. The number of hydrogen-bond acceptors (Lipinski definition) is 1. The molecule has 1 fully saturated rings. The average molecular weight is 231 g/mol. The number of benzene rings is 1. The largest absolute Gasteiger partial charge is 0.339 e. The zero-order valence-electron chi connectivity index (χ0n) is 10.8. The van der Waals surface area contributed by atoms with Crippen LogP contribution in [0, 0.1) is 5.92 Å². The zero-order chi connectivity index (χ0) is 12.3. The van der Waals surface area contributed by atoms with Gasteiger partial charge in [0.25, 0.3) is 5.91 Å². The molecule has 1 aliphatic rings. The van der Waals surface area contributed by atoms with Gasteiger partial charge in [0.2, 0.25) is 0 Å². The predicted octanol–water partition coefficient (Wildman–Crippen LogP) is 3.12. The summed E-state index contributed by atoms with van der Waals surface area (Å²) in [4.78, 5) is 14.1. The van der Waals surface area contributed by atoms with Crippen molar-refractivity contribution < 1.29 is 4.79 Å². The molecule has 2 heteroatoms. The van der Waals surface area contributed by atoms with Crippen LogP contribution in [0.25, 0.3) is 0 Å². The molecule has 0 aliphatic carbocycles. The van der Waals surface area contributed by atoms with Gasteiger partial charge in [-0.1, -0.05) is 26.0 Å². The number of nitrogens with zero attached hydrogens (tertiary/aromatic N) is 1. The highest BCUT2D eigenvalue weighted by atomic mass is 16.2. The van der Waals surface area contributed by atoms with Gasteiger partial charge in [-0.2, -0.15) is 0 Å². The Balaban J connectivity index is 2.04. The van der Waals surface area contributed by atoms with Crippen molar-refractivity contribution in [2.24, 2.45) is 5.92 Å². The molecule has 92 valence electrons. The molecule has 1 aromatic carbocycles. The van der Waals surface area contributed by atoms with Gasteiger partial charge in [-0.15, -0.1) is 0 Å². The first-order chi connectivity index (χ1) is 8.16. The third-order valence-electron chi connectivity index (χ3n) is 3.24. The average Bonchev–Trinajstić information content (AvgIpc) is 2.82. The fourth-order valence-electron chi connectivity index (χ4n) is 2.36. The molecule has 1 heterocycles. The van der Waals surface area contributed by atoms with Gasteiger partial charge in [-0.3, -0.25) is 4.79 Å². The van der Waals surface area contributed by atoms with Gasteiger partial charge >= 0.3 is 0 Å². The van der Waals surface area contributed by atoms with Gasteiger partial charge in [0.05, 0.1) is 0 Å². The van der Waals surface area contributed by atoms with E-state index in [9.17, 15) is 4.79 Å². The van der Waals surface area contributed by atoms with E-state index in [1.165, 1.54) is 5.56 Å². The molecule has 0 radical (unpaired) electrons. The first-order valence-electron chi connectivity index (χ1n) is 6.55. The summed E-state index contributed by atoms with van der Waals surface area (Å²) in [7, 11) is 0. The minimum atomic E-state index is 0.193. The fourth-order valence-corrected chi connectivity index (χ4v) is 2.36. The third kappa shape index (κ3) is 3.09. The van der Waals surface area contributed by atoms with E-state index < -0.39 is 0 Å². The number of carbonyl (C=O) groups excluding carboxylic acids is 1. The van der Waals surface area contributed by atoms with Crippen LogP contribution in [-0.2, 0) is 6.42 Å². The number of rotatable bonds is 3. The first-order valence-corrected chi connectivity index (χ1v) is 6.55. The van der Waals surface area contributed by atoms with Crippen molar-refractivity contribution in [1.29, 1.82) is 0 Å². The Morgan fingerprint density at radius 2 is 1.76 bits per heavy atom. The Labute approximate surface area is 104 Å². The second-order valence-electron chi connectivity index (χ2n) is 5.29. The lowest BCUT2D eigenvalue weighted by atomic mass is 10.0. The Hall–Kier alpha value is -1.31. The van der Waals surface area contributed by atoms with Crippen LogP contribution >= 0.6 is 0 Å². The molecular formula is C15H21NO. The van der Waals surface area contributed by atoms with Crippen LogP contribution in [0.1, 0.15) is 42.6 Å². The van der Waals surface area contributed by atoms with E-state index >= 15 is 0 Å². The highest BCUT2D eigenvalue weighted by Crippen LogP contribution is 2.15. The molecule has 0 unspecified atom stereocenters. The van der Waals surface area contributed by atoms with E-state index in [0.717, 1.165) is 37.9 Å². The molecule has 0 aromatic heterocycles. The van der Waals surface area contributed by atoms with Crippen LogP contribution in [-0.4, -0.2) is 23.9 Å². The molecule has 1 saturated heterocycles. The summed E-state index contributed by atoms with van der Waals surface area (Å²) in [6, 6.07) is 8.11. The van der Waals surface area contributed by atoms with Crippen LogP contribution in [0.4, 0.5) is 0 Å². The zero-order valence-corrected chi connectivity index (χ0v) is 10.8. The molecule has 0 bridgehead atoms. The standard InChI is InChI=1S/C15H21NO/c1-12(2)11-13-5-7-14(8-6-13)15(17)16-9-3-4-10-16/h5-8,12H,3-4,9-11H2,1-2H3. The molecule has 1 amide bonds. The van der Waals surface area contributed by atoms with Crippen molar-refractivity contribution in [2.45, 2.75) is 33.1 Å². The van der Waals surface area contributed by atoms with Crippen molar-refractivity contribution in [1.82, 2.24) is 4.90 Å². The van der Waals surface area contributed by atoms with Gasteiger partial charge in [0.1, 0.15) is 0 Å². The van der Waals surface area contributed by atoms with Gasteiger partial charge < -0.3 is 4.90 Å². The molecular weight excluding hydrogens is 210 g/mol. The molecule has 0 N–H and O–H groups in total. The van der Waals surface area contributed by atoms with E-state index in [4.69, 9.17) is 0 Å². The summed E-state index contributed by atoms with van der Waals surface area (Å²) < 4.78 is 0. The quantitative estimate of drug-likeness (QED) is 0.782. The lowest BCUT2D eigenvalue weighted by Gasteiger charge is -2.15. The minimum Gasteiger partial charge on any atom is -0.339 e. The lowest BCUT2D eigenvalue weighted by Crippen LogP contribution is -2.27. The molecule has 1 aromatic rings. The monoisotopic (exact) mass is 231 g/mol. The summed E-state index contributed by atoms with van der Waals surface area (Å²) in [5, 5.41) is 0. The van der Waals surface area contributed by atoms with Gasteiger partial charge in [-0.25, -0.2) is 0 Å². The van der Waals surface area contributed by atoms with Crippen molar-refractivity contribution in [3.8, 4) is 0 Å². The second kappa shape index (κ2) is 5.35. The van der Waals surface area contributed by atoms with Crippen molar-refractivity contribution in [2.75, 3.05) is 13.1 Å². The number of hydrogen-bond donors (Lipinski definition) is 0. The SMILES string of the molecule is CC(C)Cc1ccc(C(=O)N2CCCC2)cc1. The lowest BCUT2D eigenvalue weighted by molar-refractivity contribution is 0.0793. The van der Waals surface area contributed by atoms with E-state index in [2.05, 4.69) is 26.0 Å². The number of likely N-dealkylation sites (tertiary alicyclic amines) is 1. The van der Waals surface area contributed by atoms with Crippen molar-refractivity contribution >= 4 is 5.91 Å². The normalized spacial score (nSPS) is 15.6. The molecule has 17 heavy (non-hydrogen) atoms. The Morgan fingerprint density at radius 3 is 2.29 bits per heavy atom. The summed E-state index contributed by atoms with van der Waals surface area (Å²) in [5.74, 6) is 0.855. The maximum absolute atomic E-state index is 12.1. The number of amides is 1. The molecule has 2 nitrogen and oxygen atoms in total. The van der Waals surface area contributed by atoms with Gasteiger partial charge in [-0.05, 0) is 42.9 Å². The Kier molecular flexibility index (Phi) is 3.82. The van der Waals surface area contributed by atoms with Crippen LogP contribution in [0.2, 0.25) is 0 Å². The fraction of sp³-hybridized carbons (Fsp3) is 0.533. The highest BCUT2D eigenvalue weighted by molar-refractivity contribution is 5.94. The Morgan fingerprint density at radius 1 is 1.18 bits per heavy atom. The summed E-state index contributed by atoms with van der Waals surface area (Å²) >= 11 is 0. The molecule has 1 aliphatic heterocycles.